The summed E-state index contributed by atoms with van der Waals surface area (Å²) in [7, 11) is 0. The number of thiocarbonyl (C=S) groups is 1. The largest absolute Gasteiger partial charge is 0.361 e. The summed E-state index contributed by atoms with van der Waals surface area (Å²) < 4.78 is 0. The molecule has 0 saturated heterocycles. The molecule has 24 heavy (non-hydrogen) atoms. The molecule has 6 heteroatoms. The highest BCUT2D eigenvalue weighted by molar-refractivity contribution is 7.80. The van der Waals surface area contributed by atoms with Gasteiger partial charge in [-0.25, -0.2) is 0 Å². The lowest BCUT2D eigenvalue weighted by atomic mass is 9.72. The summed E-state index contributed by atoms with van der Waals surface area (Å²) in [5.74, 6) is 1.08. The van der Waals surface area contributed by atoms with E-state index in [0.29, 0.717) is 22.4 Å². The van der Waals surface area contributed by atoms with Crippen molar-refractivity contribution in [1.29, 1.82) is 0 Å². The van der Waals surface area contributed by atoms with E-state index >= 15 is 0 Å². The third kappa shape index (κ3) is 4.93. The molecule has 1 aromatic rings. The summed E-state index contributed by atoms with van der Waals surface area (Å²) in [6.07, 6.45) is 3.22. The van der Waals surface area contributed by atoms with Gasteiger partial charge in [0.2, 0.25) is 0 Å². The Hall–Kier alpha value is -1.14. The Labute approximate surface area is 154 Å². The summed E-state index contributed by atoms with van der Waals surface area (Å²) in [5.41, 5.74) is 7.84. The third-order valence-corrected chi connectivity index (χ3v) is 5.88. The molecule has 1 amide bonds. The molecule has 0 bridgehead atoms. The minimum Gasteiger partial charge on any atom is -0.361 e. The predicted molar refractivity (Wildman–Crippen MR) is 105 cm³/mol. The van der Waals surface area contributed by atoms with Gasteiger partial charge in [-0.05, 0) is 54.3 Å². The Morgan fingerprint density at radius 3 is 2.71 bits per heavy atom. The van der Waals surface area contributed by atoms with Crippen molar-refractivity contribution in [2.45, 2.75) is 53.9 Å². The van der Waals surface area contributed by atoms with E-state index < -0.39 is 0 Å². The van der Waals surface area contributed by atoms with Crippen LogP contribution in [0.2, 0.25) is 0 Å². The Morgan fingerprint density at radius 2 is 2.08 bits per heavy atom. The number of amides is 1. The molecule has 0 radical (unpaired) electrons. The first-order valence-corrected chi connectivity index (χ1v) is 9.90. The standard InChI is InChI=1S/C18H29N3OS2/c1-11(2)9-19-17(23)21-20-16(22)14-10-24-15-8-12(18(3,4)5)6-7-13(14)15/h10-12H,6-9H2,1-5H3,(H,20,22)(H2,19,21,23)/t12-/m1/s1. The molecule has 134 valence electrons. The maximum atomic E-state index is 12.4. The van der Waals surface area contributed by atoms with E-state index in [1.807, 2.05) is 5.38 Å². The monoisotopic (exact) mass is 367 g/mol. The molecule has 0 spiro atoms. The molecule has 0 aliphatic heterocycles. The Bertz CT molecular complexity index is 602. The molecule has 1 heterocycles. The van der Waals surface area contributed by atoms with E-state index in [-0.39, 0.29) is 5.91 Å². The molecule has 1 atom stereocenters. The fraction of sp³-hybridized carbons (Fsp3) is 0.667. The fourth-order valence-electron chi connectivity index (χ4n) is 2.96. The number of hydrazine groups is 1. The number of hydrogen-bond donors (Lipinski definition) is 3. The van der Waals surface area contributed by atoms with E-state index in [1.165, 1.54) is 10.4 Å². The summed E-state index contributed by atoms with van der Waals surface area (Å²) in [6, 6.07) is 0. The number of carbonyl (C=O) groups excluding carboxylic acids is 1. The Balaban J connectivity index is 1.93. The van der Waals surface area contributed by atoms with Gasteiger partial charge in [0.25, 0.3) is 5.91 Å². The van der Waals surface area contributed by atoms with Gasteiger partial charge < -0.3 is 5.32 Å². The van der Waals surface area contributed by atoms with Crippen LogP contribution in [0, 0.1) is 17.3 Å². The molecular formula is C18H29N3OS2. The van der Waals surface area contributed by atoms with Crippen molar-refractivity contribution in [3.8, 4) is 0 Å². The topological polar surface area (TPSA) is 53.2 Å². The van der Waals surface area contributed by atoms with Crippen LogP contribution in [0.5, 0.6) is 0 Å². The molecule has 0 saturated carbocycles. The van der Waals surface area contributed by atoms with Gasteiger partial charge in [-0.2, -0.15) is 0 Å². The van der Waals surface area contributed by atoms with Crippen LogP contribution in [0.3, 0.4) is 0 Å². The van der Waals surface area contributed by atoms with Gasteiger partial charge in [0.15, 0.2) is 5.11 Å². The van der Waals surface area contributed by atoms with Crippen molar-refractivity contribution in [3.05, 3.63) is 21.4 Å². The summed E-state index contributed by atoms with van der Waals surface area (Å²) in [6.45, 7) is 11.9. The van der Waals surface area contributed by atoms with Crippen molar-refractivity contribution >= 4 is 34.6 Å². The second kappa shape index (κ2) is 7.83. The van der Waals surface area contributed by atoms with Gasteiger partial charge in [-0.15, -0.1) is 11.3 Å². The average molecular weight is 368 g/mol. The fourth-order valence-corrected chi connectivity index (χ4v) is 4.26. The highest BCUT2D eigenvalue weighted by Gasteiger charge is 2.31. The van der Waals surface area contributed by atoms with E-state index in [1.54, 1.807) is 11.3 Å². The number of thiophene rings is 1. The predicted octanol–water partition coefficient (Wildman–Crippen LogP) is 3.66. The Kier molecular flexibility index (Phi) is 6.26. The average Bonchev–Trinajstić information content (AvgIpc) is 2.92. The maximum absolute atomic E-state index is 12.4. The van der Waals surface area contributed by atoms with Crippen LogP contribution in [-0.2, 0) is 12.8 Å². The maximum Gasteiger partial charge on any atom is 0.270 e. The number of rotatable bonds is 3. The van der Waals surface area contributed by atoms with Gasteiger partial charge in [-0.3, -0.25) is 15.6 Å². The zero-order valence-electron chi connectivity index (χ0n) is 15.3. The van der Waals surface area contributed by atoms with Crippen LogP contribution in [0.1, 0.15) is 61.8 Å². The molecule has 3 N–H and O–H groups in total. The van der Waals surface area contributed by atoms with Gasteiger partial charge in [-0.1, -0.05) is 34.6 Å². The molecule has 1 aromatic heterocycles. The van der Waals surface area contributed by atoms with Gasteiger partial charge >= 0.3 is 0 Å². The molecule has 1 aliphatic rings. The number of nitrogens with one attached hydrogen (secondary N) is 3. The van der Waals surface area contributed by atoms with E-state index in [2.05, 4.69) is 50.8 Å². The highest BCUT2D eigenvalue weighted by Crippen LogP contribution is 2.40. The highest BCUT2D eigenvalue weighted by atomic mass is 32.1. The smallest absolute Gasteiger partial charge is 0.270 e. The summed E-state index contributed by atoms with van der Waals surface area (Å²) in [4.78, 5) is 13.8. The van der Waals surface area contributed by atoms with Crippen molar-refractivity contribution in [2.75, 3.05) is 6.54 Å². The van der Waals surface area contributed by atoms with Gasteiger partial charge in [0, 0.05) is 16.8 Å². The lowest BCUT2D eigenvalue weighted by Crippen LogP contribution is -2.47. The van der Waals surface area contributed by atoms with Crippen LogP contribution < -0.4 is 16.2 Å². The lowest BCUT2D eigenvalue weighted by molar-refractivity contribution is 0.0942. The lowest BCUT2D eigenvalue weighted by Gasteiger charge is -2.34. The molecule has 0 aromatic carbocycles. The van der Waals surface area contributed by atoms with Crippen molar-refractivity contribution < 1.29 is 4.79 Å². The second-order valence-electron chi connectivity index (χ2n) is 8.04. The molecule has 0 fully saturated rings. The van der Waals surface area contributed by atoms with Gasteiger partial charge in [0.1, 0.15) is 0 Å². The van der Waals surface area contributed by atoms with Crippen LogP contribution >= 0.6 is 23.6 Å². The van der Waals surface area contributed by atoms with E-state index in [4.69, 9.17) is 12.2 Å². The zero-order valence-corrected chi connectivity index (χ0v) is 16.9. The first-order valence-electron chi connectivity index (χ1n) is 8.62. The zero-order chi connectivity index (χ0) is 17.9. The molecule has 2 rings (SSSR count). The van der Waals surface area contributed by atoms with Crippen LogP contribution in [-0.4, -0.2) is 17.6 Å². The first-order chi connectivity index (χ1) is 11.2. The van der Waals surface area contributed by atoms with Crippen LogP contribution in [0.25, 0.3) is 0 Å². The van der Waals surface area contributed by atoms with Crippen molar-refractivity contribution in [3.63, 3.8) is 0 Å². The van der Waals surface area contributed by atoms with Gasteiger partial charge in [0.05, 0.1) is 5.56 Å². The minimum atomic E-state index is -0.101. The number of carbonyl (C=O) groups is 1. The summed E-state index contributed by atoms with van der Waals surface area (Å²) in [5, 5.41) is 5.51. The second-order valence-corrected chi connectivity index (χ2v) is 9.41. The molecular weight excluding hydrogens is 338 g/mol. The van der Waals surface area contributed by atoms with E-state index in [0.717, 1.165) is 31.4 Å². The number of fused-ring (bicyclic) bond motifs is 1. The van der Waals surface area contributed by atoms with Crippen LogP contribution in [0.15, 0.2) is 5.38 Å². The first kappa shape index (κ1) is 19.2. The normalized spacial score (nSPS) is 17.3. The molecule has 0 unspecified atom stereocenters. The van der Waals surface area contributed by atoms with Crippen molar-refractivity contribution in [2.24, 2.45) is 17.3 Å². The minimum absolute atomic E-state index is 0.101. The van der Waals surface area contributed by atoms with Crippen molar-refractivity contribution in [1.82, 2.24) is 16.2 Å². The third-order valence-electron chi connectivity index (χ3n) is 4.59. The van der Waals surface area contributed by atoms with Crippen LogP contribution in [0.4, 0.5) is 0 Å². The Morgan fingerprint density at radius 1 is 1.38 bits per heavy atom. The van der Waals surface area contributed by atoms with E-state index in [9.17, 15) is 4.79 Å². The number of hydrogen-bond acceptors (Lipinski definition) is 3. The molecule has 4 nitrogen and oxygen atoms in total. The molecule has 1 aliphatic carbocycles. The SMILES string of the molecule is CC(C)CNC(=S)NNC(=O)c1csc2c1CC[C@@H](C(C)(C)C)C2. The summed E-state index contributed by atoms with van der Waals surface area (Å²) >= 11 is 6.87. The quantitative estimate of drug-likeness (QED) is 0.564.